The highest BCUT2D eigenvalue weighted by molar-refractivity contribution is 5.15. The van der Waals surface area contributed by atoms with Crippen LogP contribution in [0.2, 0.25) is 0 Å². The summed E-state index contributed by atoms with van der Waals surface area (Å²) in [4.78, 5) is 0. The molecule has 2 heterocycles. The molecular weight excluding hydrogens is 228 g/mol. The molecule has 0 aromatic carbocycles. The van der Waals surface area contributed by atoms with Gasteiger partial charge in [-0.05, 0) is 18.4 Å². The highest BCUT2D eigenvalue weighted by Crippen LogP contribution is 2.25. The average Bonchev–Trinajstić information content (AvgIpc) is 2.68. The van der Waals surface area contributed by atoms with E-state index in [1.807, 2.05) is 13.1 Å². The maximum absolute atomic E-state index is 5.22. The largest absolute Gasteiger partial charge is 0.481 e. The standard InChI is InChI=1S/C13H24N4O/c1-13(2)9-14-6-5-11(13)15-8-10-7-12(18-4)17(3)16-10/h7,11,14-15H,5-6,8-9H2,1-4H3. The normalized spacial score (nSPS) is 23.0. The molecule has 0 radical (unpaired) electrons. The van der Waals surface area contributed by atoms with Gasteiger partial charge in [-0.2, -0.15) is 5.10 Å². The highest BCUT2D eigenvalue weighted by atomic mass is 16.5. The van der Waals surface area contributed by atoms with Crippen molar-refractivity contribution in [3.8, 4) is 5.88 Å². The Balaban J connectivity index is 1.94. The molecule has 102 valence electrons. The van der Waals surface area contributed by atoms with E-state index in [0.29, 0.717) is 6.04 Å². The zero-order valence-corrected chi connectivity index (χ0v) is 11.8. The summed E-state index contributed by atoms with van der Waals surface area (Å²) in [6, 6.07) is 2.52. The van der Waals surface area contributed by atoms with Crippen molar-refractivity contribution in [3.63, 3.8) is 0 Å². The number of ether oxygens (including phenoxy) is 1. The van der Waals surface area contributed by atoms with E-state index in [1.165, 1.54) is 0 Å². The fourth-order valence-corrected chi connectivity index (χ4v) is 2.56. The summed E-state index contributed by atoms with van der Waals surface area (Å²) in [5.41, 5.74) is 1.32. The van der Waals surface area contributed by atoms with Gasteiger partial charge in [0.1, 0.15) is 0 Å². The molecule has 5 nitrogen and oxygen atoms in total. The van der Waals surface area contributed by atoms with Gasteiger partial charge in [0.2, 0.25) is 5.88 Å². The van der Waals surface area contributed by atoms with Gasteiger partial charge in [0.05, 0.1) is 12.8 Å². The van der Waals surface area contributed by atoms with E-state index >= 15 is 0 Å². The van der Waals surface area contributed by atoms with Crippen LogP contribution in [0.5, 0.6) is 5.88 Å². The third-order valence-electron chi connectivity index (χ3n) is 3.76. The Bertz CT molecular complexity index is 400. The fraction of sp³-hybridized carbons (Fsp3) is 0.769. The number of hydrogen-bond acceptors (Lipinski definition) is 4. The Kier molecular flexibility index (Phi) is 3.92. The number of rotatable bonds is 4. The van der Waals surface area contributed by atoms with Crippen LogP contribution in [-0.4, -0.2) is 36.0 Å². The van der Waals surface area contributed by atoms with Crippen LogP contribution in [-0.2, 0) is 13.6 Å². The van der Waals surface area contributed by atoms with Crippen molar-refractivity contribution in [1.29, 1.82) is 0 Å². The first-order valence-electron chi connectivity index (χ1n) is 6.54. The van der Waals surface area contributed by atoms with Gasteiger partial charge in [0.15, 0.2) is 0 Å². The van der Waals surface area contributed by atoms with E-state index in [9.17, 15) is 0 Å². The molecule has 1 aliphatic heterocycles. The number of piperidine rings is 1. The second kappa shape index (κ2) is 5.28. The molecule has 1 aliphatic rings. The lowest BCUT2D eigenvalue weighted by molar-refractivity contribution is 0.183. The zero-order valence-electron chi connectivity index (χ0n) is 11.8. The molecule has 2 N–H and O–H groups in total. The van der Waals surface area contributed by atoms with Gasteiger partial charge >= 0.3 is 0 Å². The van der Waals surface area contributed by atoms with E-state index in [2.05, 4.69) is 29.6 Å². The van der Waals surface area contributed by atoms with Crippen molar-refractivity contribution in [2.24, 2.45) is 12.5 Å². The Morgan fingerprint density at radius 1 is 1.61 bits per heavy atom. The zero-order chi connectivity index (χ0) is 13.2. The van der Waals surface area contributed by atoms with Crippen LogP contribution < -0.4 is 15.4 Å². The maximum atomic E-state index is 5.22. The Labute approximate surface area is 109 Å². The van der Waals surface area contributed by atoms with Crippen molar-refractivity contribution >= 4 is 0 Å². The Morgan fingerprint density at radius 3 is 3.00 bits per heavy atom. The van der Waals surface area contributed by atoms with Gasteiger partial charge < -0.3 is 15.4 Å². The molecule has 0 spiro atoms. The van der Waals surface area contributed by atoms with E-state index < -0.39 is 0 Å². The number of nitrogens with zero attached hydrogens (tertiary/aromatic N) is 2. The van der Waals surface area contributed by atoms with Crippen molar-refractivity contribution in [2.45, 2.75) is 32.9 Å². The van der Waals surface area contributed by atoms with E-state index in [-0.39, 0.29) is 5.41 Å². The Hall–Kier alpha value is -1.07. The summed E-state index contributed by atoms with van der Waals surface area (Å²) in [5, 5.41) is 11.5. The summed E-state index contributed by atoms with van der Waals surface area (Å²) in [6.45, 7) is 7.56. The van der Waals surface area contributed by atoms with Crippen molar-refractivity contribution < 1.29 is 4.74 Å². The lowest BCUT2D eigenvalue weighted by Crippen LogP contribution is -2.52. The highest BCUT2D eigenvalue weighted by Gasteiger charge is 2.31. The molecule has 0 amide bonds. The number of aromatic nitrogens is 2. The summed E-state index contributed by atoms with van der Waals surface area (Å²) >= 11 is 0. The molecular formula is C13H24N4O. The SMILES string of the molecule is COc1cc(CNC2CCNCC2(C)C)nn1C. The Morgan fingerprint density at radius 2 is 2.39 bits per heavy atom. The van der Waals surface area contributed by atoms with Gasteiger partial charge in [-0.3, -0.25) is 0 Å². The first kappa shape index (κ1) is 13.4. The molecule has 0 saturated carbocycles. The van der Waals surface area contributed by atoms with E-state index in [4.69, 9.17) is 4.74 Å². The van der Waals surface area contributed by atoms with Gasteiger partial charge in [-0.25, -0.2) is 4.68 Å². The number of nitrogens with one attached hydrogen (secondary N) is 2. The van der Waals surface area contributed by atoms with Crippen molar-refractivity contribution in [3.05, 3.63) is 11.8 Å². The van der Waals surface area contributed by atoms with Crippen LogP contribution in [0.25, 0.3) is 0 Å². The van der Waals surface area contributed by atoms with Crippen LogP contribution in [0, 0.1) is 5.41 Å². The number of hydrogen-bond donors (Lipinski definition) is 2. The molecule has 0 aliphatic carbocycles. The average molecular weight is 252 g/mol. The molecule has 5 heteroatoms. The fourth-order valence-electron chi connectivity index (χ4n) is 2.56. The minimum absolute atomic E-state index is 0.289. The van der Waals surface area contributed by atoms with E-state index in [0.717, 1.165) is 37.6 Å². The first-order chi connectivity index (χ1) is 8.53. The number of methoxy groups -OCH3 is 1. The van der Waals surface area contributed by atoms with Crippen LogP contribution >= 0.6 is 0 Å². The first-order valence-corrected chi connectivity index (χ1v) is 6.54. The van der Waals surface area contributed by atoms with Gasteiger partial charge in [0.25, 0.3) is 0 Å². The lowest BCUT2D eigenvalue weighted by atomic mass is 9.80. The van der Waals surface area contributed by atoms with Gasteiger partial charge in [-0.15, -0.1) is 0 Å². The lowest BCUT2D eigenvalue weighted by Gasteiger charge is -2.39. The summed E-state index contributed by atoms with van der Waals surface area (Å²) in [5.74, 6) is 0.802. The molecule has 1 unspecified atom stereocenters. The predicted molar refractivity (Wildman–Crippen MR) is 71.7 cm³/mol. The molecule has 1 atom stereocenters. The van der Waals surface area contributed by atoms with Crippen LogP contribution in [0.15, 0.2) is 6.07 Å². The van der Waals surface area contributed by atoms with Crippen LogP contribution in [0.1, 0.15) is 26.0 Å². The molecule has 2 rings (SSSR count). The monoisotopic (exact) mass is 252 g/mol. The minimum Gasteiger partial charge on any atom is -0.481 e. The third kappa shape index (κ3) is 2.84. The van der Waals surface area contributed by atoms with E-state index in [1.54, 1.807) is 11.8 Å². The molecule has 18 heavy (non-hydrogen) atoms. The van der Waals surface area contributed by atoms with Gasteiger partial charge in [0, 0.05) is 32.2 Å². The predicted octanol–water partition coefficient (Wildman–Crippen LogP) is 0.906. The molecule has 0 bridgehead atoms. The smallest absolute Gasteiger partial charge is 0.211 e. The second-order valence-corrected chi connectivity index (χ2v) is 5.69. The summed E-state index contributed by atoms with van der Waals surface area (Å²) < 4.78 is 6.99. The minimum atomic E-state index is 0.289. The van der Waals surface area contributed by atoms with Gasteiger partial charge in [-0.1, -0.05) is 13.8 Å². The molecule has 1 fully saturated rings. The van der Waals surface area contributed by atoms with Crippen molar-refractivity contribution in [2.75, 3.05) is 20.2 Å². The van der Waals surface area contributed by atoms with Crippen LogP contribution in [0.4, 0.5) is 0 Å². The summed E-state index contributed by atoms with van der Waals surface area (Å²) in [7, 11) is 3.57. The third-order valence-corrected chi connectivity index (χ3v) is 3.76. The quantitative estimate of drug-likeness (QED) is 0.836. The maximum Gasteiger partial charge on any atom is 0.211 e. The topological polar surface area (TPSA) is 51.1 Å². The molecule has 1 aromatic rings. The number of aryl methyl sites for hydroxylation is 1. The van der Waals surface area contributed by atoms with Crippen molar-refractivity contribution in [1.82, 2.24) is 20.4 Å². The van der Waals surface area contributed by atoms with Crippen LogP contribution in [0.3, 0.4) is 0 Å². The summed E-state index contributed by atoms with van der Waals surface area (Å²) in [6.07, 6.45) is 1.16. The second-order valence-electron chi connectivity index (χ2n) is 5.69. The molecule has 1 saturated heterocycles. The molecule has 1 aromatic heterocycles.